The number of aryl methyl sites for hydroxylation is 1. The predicted octanol–water partition coefficient (Wildman–Crippen LogP) is 6.40. The maximum atomic E-state index is 8.97. The van der Waals surface area contributed by atoms with Gasteiger partial charge in [-0.2, -0.15) is 0 Å². The molecular weight excluding hydrogens is 292 g/mol. The van der Waals surface area contributed by atoms with E-state index < -0.39 is 0 Å². The standard InChI is InChI=1S/C23H34O/c1-20(11-7-8-18-23-16-5-4-6-17-23)12-9-13-21(2)14-10-15-22(3)19-24/h4-6,11,13,15-17,24H,7-10,12,14,18-19H2,1-3H3/b20-11+,21-13+,22-15+. The van der Waals surface area contributed by atoms with E-state index in [-0.39, 0.29) is 6.61 Å². The first-order valence-corrected chi connectivity index (χ1v) is 9.23. The van der Waals surface area contributed by atoms with Crippen molar-refractivity contribution < 1.29 is 5.11 Å². The topological polar surface area (TPSA) is 20.2 Å². The van der Waals surface area contributed by atoms with Crippen LogP contribution in [0.1, 0.15) is 64.9 Å². The van der Waals surface area contributed by atoms with Crippen molar-refractivity contribution in [3.63, 3.8) is 0 Å². The first kappa shape index (κ1) is 20.4. The second-order valence-electron chi connectivity index (χ2n) is 6.76. The summed E-state index contributed by atoms with van der Waals surface area (Å²) in [5.74, 6) is 0. The number of rotatable bonds is 11. The second kappa shape index (κ2) is 12.8. The van der Waals surface area contributed by atoms with Crippen LogP contribution in [0.15, 0.2) is 65.3 Å². The fourth-order valence-electron chi connectivity index (χ4n) is 2.66. The van der Waals surface area contributed by atoms with Crippen LogP contribution in [0.4, 0.5) is 0 Å². The van der Waals surface area contributed by atoms with Crippen LogP contribution >= 0.6 is 0 Å². The van der Waals surface area contributed by atoms with Gasteiger partial charge in [0, 0.05) is 0 Å². The zero-order valence-corrected chi connectivity index (χ0v) is 15.7. The highest BCUT2D eigenvalue weighted by Crippen LogP contribution is 2.13. The molecule has 0 atom stereocenters. The molecule has 1 heteroatoms. The van der Waals surface area contributed by atoms with Crippen molar-refractivity contribution in [1.82, 2.24) is 0 Å². The fraction of sp³-hybridized carbons (Fsp3) is 0.478. The van der Waals surface area contributed by atoms with E-state index >= 15 is 0 Å². The molecule has 0 radical (unpaired) electrons. The molecule has 0 saturated carbocycles. The molecular formula is C23H34O. The molecule has 1 aromatic carbocycles. The molecule has 1 N–H and O–H groups in total. The molecule has 0 amide bonds. The third kappa shape index (κ3) is 10.2. The molecule has 0 unspecified atom stereocenters. The Morgan fingerprint density at radius 1 is 0.792 bits per heavy atom. The average Bonchev–Trinajstić information content (AvgIpc) is 2.59. The summed E-state index contributed by atoms with van der Waals surface area (Å²) in [6.07, 6.45) is 14.9. The molecule has 0 aliphatic rings. The van der Waals surface area contributed by atoms with Crippen molar-refractivity contribution in [1.29, 1.82) is 0 Å². The van der Waals surface area contributed by atoms with E-state index in [0.29, 0.717) is 0 Å². The minimum atomic E-state index is 0.178. The molecule has 0 spiro atoms. The minimum Gasteiger partial charge on any atom is -0.392 e. The highest BCUT2D eigenvalue weighted by Gasteiger charge is 1.94. The molecule has 0 saturated heterocycles. The summed E-state index contributed by atoms with van der Waals surface area (Å²) in [6, 6.07) is 10.7. The van der Waals surface area contributed by atoms with E-state index in [4.69, 9.17) is 5.11 Å². The smallest absolute Gasteiger partial charge is 0.0639 e. The Hall–Kier alpha value is -1.60. The molecule has 0 aromatic heterocycles. The fourth-order valence-corrected chi connectivity index (χ4v) is 2.66. The van der Waals surface area contributed by atoms with E-state index in [9.17, 15) is 0 Å². The first-order chi connectivity index (χ1) is 11.6. The second-order valence-corrected chi connectivity index (χ2v) is 6.76. The van der Waals surface area contributed by atoms with Crippen LogP contribution < -0.4 is 0 Å². The summed E-state index contributed by atoms with van der Waals surface area (Å²) in [4.78, 5) is 0. The molecule has 0 bridgehead atoms. The lowest BCUT2D eigenvalue weighted by Gasteiger charge is -2.02. The summed E-state index contributed by atoms with van der Waals surface area (Å²) >= 11 is 0. The van der Waals surface area contributed by atoms with Gasteiger partial charge in [0.15, 0.2) is 0 Å². The number of benzene rings is 1. The van der Waals surface area contributed by atoms with E-state index in [0.717, 1.165) is 31.3 Å². The number of hydrogen-bond donors (Lipinski definition) is 1. The number of unbranched alkanes of at least 4 members (excludes halogenated alkanes) is 1. The molecule has 1 aromatic rings. The van der Waals surface area contributed by atoms with Crippen LogP contribution in [-0.4, -0.2) is 11.7 Å². The number of aliphatic hydroxyl groups is 1. The Morgan fingerprint density at radius 3 is 1.92 bits per heavy atom. The summed E-state index contributed by atoms with van der Waals surface area (Å²) < 4.78 is 0. The van der Waals surface area contributed by atoms with Gasteiger partial charge in [-0.1, -0.05) is 65.3 Å². The molecule has 0 aliphatic carbocycles. The Labute approximate surface area is 148 Å². The van der Waals surface area contributed by atoms with E-state index in [1.165, 1.54) is 36.0 Å². The number of aliphatic hydroxyl groups excluding tert-OH is 1. The van der Waals surface area contributed by atoms with Gasteiger partial charge in [0.2, 0.25) is 0 Å². The van der Waals surface area contributed by atoms with Crippen molar-refractivity contribution in [3.05, 3.63) is 70.8 Å². The molecule has 24 heavy (non-hydrogen) atoms. The van der Waals surface area contributed by atoms with Crippen molar-refractivity contribution >= 4 is 0 Å². The molecule has 132 valence electrons. The first-order valence-electron chi connectivity index (χ1n) is 9.23. The van der Waals surface area contributed by atoms with Gasteiger partial charge in [0.1, 0.15) is 0 Å². The normalized spacial score (nSPS) is 13.4. The van der Waals surface area contributed by atoms with E-state index in [1.807, 2.05) is 6.92 Å². The summed E-state index contributed by atoms with van der Waals surface area (Å²) in [7, 11) is 0. The Balaban J connectivity index is 2.17. The largest absolute Gasteiger partial charge is 0.392 e. The third-order valence-corrected chi connectivity index (χ3v) is 4.32. The molecule has 0 heterocycles. The Morgan fingerprint density at radius 2 is 1.33 bits per heavy atom. The third-order valence-electron chi connectivity index (χ3n) is 4.32. The van der Waals surface area contributed by atoms with Gasteiger partial charge in [-0.15, -0.1) is 0 Å². The zero-order chi connectivity index (χ0) is 17.6. The maximum Gasteiger partial charge on any atom is 0.0639 e. The van der Waals surface area contributed by atoms with Gasteiger partial charge in [-0.3, -0.25) is 0 Å². The van der Waals surface area contributed by atoms with Crippen LogP contribution in [0, 0.1) is 0 Å². The van der Waals surface area contributed by atoms with Crippen molar-refractivity contribution in [3.8, 4) is 0 Å². The predicted molar refractivity (Wildman–Crippen MR) is 106 cm³/mol. The van der Waals surface area contributed by atoms with Gasteiger partial charge >= 0.3 is 0 Å². The quantitative estimate of drug-likeness (QED) is 0.368. The van der Waals surface area contributed by atoms with Crippen molar-refractivity contribution in [2.75, 3.05) is 6.61 Å². The number of hydrogen-bond acceptors (Lipinski definition) is 1. The van der Waals surface area contributed by atoms with E-state index in [2.05, 4.69) is 62.4 Å². The zero-order valence-electron chi connectivity index (χ0n) is 15.7. The van der Waals surface area contributed by atoms with Gasteiger partial charge in [-0.25, -0.2) is 0 Å². The minimum absolute atomic E-state index is 0.178. The van der Waals surface area contributed by atoms with Gasteiger partial charge in [0.05, 0.1) is 6.61 Å². The Kier molecular flexibility index (Phi) is 10.9. The van der Waals surface area contributed by atoms with Gasteiger partial charge < -0.3 is 5.11 Å². The summed E-state index contributed by atoms with van der Waals surface area (Å²) in [5, 5.41) is 8.97. The lowest BCUT2D eigenvalue weighted by molar-refractivity contribution is 0.331. The van der Waals surface area contributed by atoms with E-state index in [1.54, 1.807) is 0 Å². The lowest BCUT2D eigenvalue weighted by Crippen LogP contribution is -1.85. The SMILES string of the molecule is C/C(=C\CC/C(C)=C/CC/C(C)=C/CCCc1ccccc1)CO. The Bertz CT molecular complexity index is 534. The van der Waals surface area contributed by atoms with Crippen LogP contribution in [0.5, 0.6) is 0 Å². The molecule has 1 nitrogen and oxygen atoms in total. The lowest BCUT2D eigenvalue weighted by atomic mass is 10.0. The summed E-state index contributed by atoms with van der Waals surface area (Å²) in [6.45, 7) is 6.61. The van der Waals surface area contributed by atoms with Crippen LogP contribution in [0.2, 0.25) is 0 Å². The van der Waals surface area contributed by atoms with Crippen LogP contribution in [0.25, 0.3) is 0 Å². The van der Waals surface area contributed by atoms with Gasteiger partial charge in [-0.05, 0) is 71.3 Å². The highest BCUT2D eigenvalue weighted by atomic mass is 16.3. The summed E-state index contributed by atoms with van der Waals surface area (Å²) in [5.41, 5.74) is 5.46. The molecule has 0 fully saturated rings. The van der Waals surface area contributed by atoms with Crippen LogP contribution in [0.3, 0.4) is 0 Å². The number of allylic oxidation sites excluding steroid dienone is 5. The van der Waals surface area contributed by atoms with Crippen molar-refractivity contribution in [2.24, 2.45) is 0 Å². The van der Waals surface area contributed by atoms with Gasteiger partial charge in [0.25, 0.3) is 0 Å². The maximum absolute atomic E-state index is 8.97. The highest BCUT2D eigenvalue weighted by molar-refractivity contribution is 5.14. The van der Waals surface area contributed by atoms with Crippen LogP contribution in [-0.2, 0) is 6.42 Å². The molecule has 0 aliphatic heterocycles. The van der Waals surface area contributed by atoms with Crippen molar-refractivity contribution in [2.45, 2.75) is 65.7 Å². The molecule has 1 rings (SSSR count). The average molecular weight is 327 g/mol. The monoisotopic (exact) mass is 326 g/mol.